The second kappa shape index (κ2) is 7.38. The zero-order valence-corrected chi connectivity index (χ0v) is 13.9. The number of carbonyl (C=O) groups is 1. The Kier molecular flexibility index (Phi) is 5.25. The number of ether oxygens (including phenoxy) is 1. The lowest BCUT2D eigenvalue weighted by Gasteiger charge is -2.08. The van der Waals surface area contributed by atoms with Crippen LogP contribution in [-0.2, 0) is 9.53 Å². The van der Waals surface area contributed by atoms with E-state index in [1.807, 2.05) is 0 Å². The summed E-state index contributed by atoms with van der Waals surface area (Å²) in [5, 5.41) is 5.17. The smallest absolute Gasteiger partial charge is 0.226 e. The minimum Gasteiger partial charge on any atom is -0.378 e. The molecule has 1 aromatic heterocycles. The van der Waals surface area contributed by atoms with E-state index < -0.39 is 5.82 Å². The topological polar surface area (TPSA) is 51.2 Å². The molecular weight excluding hydrogens is 339 g/mol. The molecule has 0 aliphatic carbocycles. The predicted octanol–water partition coefficient (Wildman–Crippen LogP) is 4.50. The minimum absolute atomic E-state index is 0.0534. The van der Waals surface area contributed by atoms with E-state index in [4.69, 9.17) is 16.3 Å². The summed E-state index contributed by atoms with van der Waals surface area (Å²) in [5.41, 5.74) is 1.37. The first-order valence-corrected chi connectivity index (χ1v) is 8.70. The third kappa shape index (κ3) is 4.28. The highest BCUT2D eigenvalue weighted by Crippen LogP contribution is 2.28. The summed E-state index contributed by atoms with van der Waals surface area (Å²) >= 11 is 7.11. The Bertz CT molecular complexity index is 701. The number of halogens is 2. The molecule has 1 aromatic carbocycles. The van der Waals surface area contributed by atoms with Gasteiger partial charge in [0.05, 0.1) is 16.8 Å². The van der Waals surface area contributed by atoms with Gasteiger partial charge < -0.3 is 10.1 Å². The maximum absolute atomic E-state index is 13.2. The third-order valence-corrected chi connectivity index (χ3v) is 4.73. The second-order valence-electron chi connectivity index (χ2n) is 5.39. The normalized spacial score (nSPS) is 17.4. The van der Waals surface area contributed by atoms with Crippen LogP contribution in [0, 0.1) is 5.82 Å². The molecule has 1 atom stereocenters. The van der Waals surface area contributed by atoms with Crippen molar-refractivity contribution in [2.24, 2.45) is 0 Å². The van der Waals surface area contributed by atoms with Crippen molar-refractivity contribution in [1.82, 2.24) is 4.98 Å². The van der Waals surface area contributed by atoms with Crippen LogP contribution in [0.15, 0.2) is 23.6 Å². The molecule has 1 N–H and O–H groups in total. The molecule has 1 aliphatic rings. The highest BCUT2D eigenvalue weighted by Gasteiger charge is 2.17. The van der Waals surface area contributed by atoms with Crippen molar-refractivity contribution in [2.45, 2.75) is 31.8 Å². The van der Waals surface area contributed by atoms with Gasteiger partial charge in [0.15, 0.2) is 5.13 Å². The number of carbonyl (C=O) groups excluding carboxylic acids is 1. The summed E-state index contributed by atoms with van der Waals surface area (Å²) in [5.74, 6) is -0.535. The Morgan fingerprint density at radius 1 is 1.52 bits per heavy atom. The van der Waals surface area contributed by atoms with E-state index in [0.717, 1.165) is 25.9 Å². The number of nitrogens with one attached hydrogen (secondary N) is 1. The number of rotatable bonds is 5. The van der Waals surface area contributed by atoms with E-state index in [9.17, 15) is 9.18 Å². The Labute approximate surface area is 142 Å². The van der Waals surface area contributed by atoms with Gasteiger partial charge in [-0.15, -0.1) is 11.3 Å². The van der Waals surface area contributed by atoms with Gasteiger partial charge >= 0.3 is 0 Å². The largest absolute Gasteiger partial charge is 0.378 e. The molecular formula is C16H16ClFN2O2S. The van der Waals surface area contributed by atoms with E-state index in [-0.39, 0.29) is 17.0 Å². The highest BCUT2D eigenvalue weighted by molar-refractivity contribution is 7.14. The summed E-state index contributed by atoms with van der Waals surface area (Å²) in [6, 6.07) is 4.44. The average molecular weight is 355 g/mol. The monoisotopic (exact) mass is 354 g/mol. The fraction of sp³-hybridized carbons (Fsp3) is 0.375. The predicted molar refractivity (Wildman–Crippen MR) is 89.4 cm³/mol. The number of amides is 1. The van der Waals surface area contributed by atoms with Crippen molar-refractivity contribution >= 4 is 34.0 Å². The van der Waals surface area contributed by atoms with Gasteiger partial charge in [-0.05, 0) is 37.5 Å². The Balaban J connectivity index is 1.58. The van der Waals surface area contributed by atoms with Crippen LogP contribution in [0.3, 0.4) is 0 Å². The van der Waals surface area contributed by atoms with Crippen molar-refractivity contribution in [1.29, 1.82) is 0 Å². The minimum atomic E-state index is -0.465. The number of nitrogens with zero attached hydrogens (tertiary/aromatic N) is 1. The Hall–Kier alpha value is -1.50. The lowest BCUT2D eigenvalue weighted by atomic mass is 10.1. The maximum Gasteiger partial charge on any atom is 0.226 e. The van der Waals surface area contributed by atoms with Gasteiger partial charge in [0.25, 0.3) is 0 Å². The summed E-state index contributed by atoms with van der Waals surface area (Å²) in [6.07, 6.45) is 3.45. The molecule has 1 amide bonds. The van der Waals surface area contributed by atoms with Crippen molar-refractivity contribution < 1.29 is 13.9 Å². The summed E-state index contributed by atoms with van der Waals surface area (Å²) in [4.78, 5) is 16.3. The van der Waals surface area contributed by atoms with Crippen molar-refractivity contribution in [3.05, 3.63) is 34.4 Å². The SMILES string of the molecule is O=C(CCC1CCCO1)Nc1nc(-c2ccc(F)c(Cl)c2)cs1. The Morgan fingerprint density at radius 2 is 2.39 bits per heavy atom. The molecule has 0 spiro atoms. The third-order valence-electron chi connectivity index (χ3n) is 3.68. The van der Waals surface area contributed by atoms with Crippen LogP contribution in [0.2, 0.25) is 5.02 Å². The molecule has 1 unspecified atom stereocenters. The quantitative estimate of drug-likeness (QED) is 0.860. The van der Waals surface area contributed by atoms with E-state index >= 15 is 0 Å². The van der Waals surface area contributed by atoms with Crippen LogP contribution in [0.5, 0.6) is 0 Å². The molecule has 2 aromatic rings. The van der Waals surface area contributed by atoms with Crippen LogP contribution < -0.4 is 5.32 Å². The van der Waals surface area contributed by atoms with Gasteiger partial charge in [0, 0.05) is 24.0 Å². The van der Waals surface area contributed by atoms with Crippen LogP contribution in [0.25, 0.3) is 11.3 Å². The fourth-order valence-corrected chi connectivity index (χ4v) is 3.38. The first-order chi connectivity index (χ1) is 11.1. The summed E-state index contributed by atoms with van der Waals surface area (Å²) in [6.45, 7) is 0.794. The number of hydrogen-bond donors (Lipinski definition) is 1. The van der Waals surface area contributed by atoms with Gasteiger partial charge in [-0.2, -0.15) is 0 Å². The summed E-state index contributed by atoms with van der Waals surface area (Å²) in [7, 11) is 0. The Morgan fingerprint density at radius 3 is 3.13 bits per heavy atom. The molecule has 1 aliphatic heterocycles. The molecule has 1 fully saturated rings. The number of thiazole rings is 1. The van der Waals surface area contributed by atoms with Crippen molar-refractivity contribution in [3.63, 3.8) is 0 Å². The lowest BCUT2D eigenvalue weighted by molar-refractivity contribution is -0.116. The zero-order valence-electron chi connectivity index (χ0n) is 12.4. The van der Waals surface area contributed by atoms with Gasteiger partial charge in [0.2, 0.25) is 5.91 Å². The summed E-state index contributed by atoms with van der Waals surface area (Å²) < 4.78 is 18.7. The molecule has 7 heteroatoms. The van der Waals surface area contributed by atoms with Crippen LogP contribution in [-0.4, -0.2) is 23.6 Å². The number of benzene rings is 1. The standard InChI is InChI=1S/C16H16ClFN2O2S/c17-12-8-10(3-5-13(12)18)14-9-23-16(19-14)20-15(21)6-4-11-2-1-7-22-11/h3,5,8-9,11H,1-2,4,6-7H2,(H,19,20,21). The fourth-order valence-electron chi connectivity index (χ4n) is 2.47. The molecule has 122 valence electrons. The average Bonchev–Trinajstić information content (AvgIpc) is 3.19. The molecule has 2 heterocycles. The van der Waals surface area contributed by atoms with Crippen LogP contribution in [0.4, 0.5) is 9.52 Å². The molecule has 0 bridgehead atoms. The molecule has 23 heavy (non-hydrogen) atoms. The van der Waals surface area contributed by atoms with E-state index in [1.165, 1.54) is 23.5 Å². The van der Waals surface area contributed by atoms with Gasteiger partial charge in [-0.1, -0.05) is 11.6 Å². The molecule has 0 saturated carbocycles. The number of aromatic nitrogens is 1. The van der Waals surface area contributed by atoms with Gasteiger partial charge in [-0.3, -0.25) is 4.79 Å². The van der Waals surface area contributed by atoms with Crippen molar-refractivity contribution in [3.8, 4) is 11.3 Å². The molecule has 3 rings (SSSR count). The van der Waals surface area contributed by atoms with Crippen LogP contribution >= 0.6 is 22.9 Å². The van der Waals surface area contributed by atoms with Gasteiger partial charge in [-0.25, -0.2) is 9.37 Å². The number of anilines is 1. The molecule has 1 saturated heterocycles. The first-order valence-electron chi connectivity index (χ1n) is 7.44. The van der Waals surface area contributed by atoms with Crippen LogP contribution in [0.1, 0.15) is 25.7 Å². The molecule has 4 nitrogen and oxygen atoms in total. The lowest BCUT2D eigenvalue weighted by Crippen LogP contribution is -2.15. The van der Waals surface area contributed by atoms with Crippen molar-refractivity contribution in [2.75, 3.05) is 11.9 Å². The van der Waals surface area contributed by atoms with E-state index in [2.05, 4.69) is 10.3 Å². The maximum atomic E-state index is 13.2. The zero-order chi connectivity index (χ0) is 16.2. The van der Waals surface area contributed by atoms with E-state index in [0.29, 0.717) is 22.8 Å². The first kappa shape index (κ1) is 16.4. The number of hydrogen-bond acceptors (Lipinski definition) is 4. The highest BCUT2D eigenvalue weighted by atomic mass is 35.5. The van der Waals surface area contributed by atoms with E-state index in [1.54, 1.807) is 11.4 Å². The molecule has 0 radical (unpaired) electrons. The second-order valence-corrected chi connectivity index (χ2v) is 6.65. The van der Waals surface area contributed by atoms with Gasteiger partial charge in [0.1, 0.15) is 5.82 Å².